The van der Waals surface area contributed by atoms with Crippen LogP contribution in [-0.2, 0) is 11.3 Å². The molecule has 0 saturated heterocycles. The number of aromatic nitrogens is 1. The number of nitrogens with two attached hydrogens (primary N) is 1. The molecule has 1 aromatic rings. The molecule has 0 spiro atoms. The maximum atomic E-state index is 11.8. The Morgan fingerprint density at radius 3 is 2.68 bits per heavy atom. The van der Waals surface area contributed by atoms with E-state index in [4.69, 9.17) is 5.73 Å². The predicted octanol–water partition coefficient (Wildman–Crippen LogP) is 2.45. The number of amides is 1. The second-order valence-electron chi connectivity index (χ2n) is 5.64. The largest absolute Gasteiger partial charge is 0.352 e. The van der Waals surface area contributed by atoms with Gasteiger partial charge in [-0.15, -0.1) is 0 Å². The van der Waals surface area contributed by atoms with E-state index in [1.165, 1.54) is 0 Å². The summed E-state index contributed by atoms with van der Waals surface area (Å²) in [6.07, 6.45) is 5.98. The van der Waals surface area contributed by atoms with Crippen molar-refractivity contribution in [2.45, 2.75) is 59.2 Å². The van der Waals surface area contributed by atoms with E-state index in [1.54, 1.807) is 0 Å². The number of carbonyl (C=O) groups is 1. The van der Waals surface area contributed by atoms with E-state index >= 15 is 0 Å². The molecule has 0 aliphatic rings. The van der Waals surface area contributed by atoms with Gasteiger partial charge in [0.15, 0.2) is 0 Å². The molecule has 3 N–H and O–H groups in total. The van der Waals surface area contributed by atoms with Crippen LogP contribution in [0.25, 0.3) is 0 Å². The Morgan fingerprint density at radius 1 is 1.42 bits per heavy atom. The Kier molecular flexibility index (Phi) is 6.09. The van der Waals surface area contributed by atoms with Crippen LogP contribution in [-0.4, -0.2) is 16.5 Å². The van der Waals surface area contributed by atoms with Crippen LogP contribution in [0.3, 0.4) is 0 Å². The average Bonchev–Trinajstić information content (AvgIpc) is 2.76. The number of nitrogens with one attached hydrogen (secondary N) is 1. The lowest BCUT2D eigenvalue weighted by molar-refractivity contribution is -0.122. The SMILES string of the molecule is CCCC(C)NC(=O)Cn1ccc(C(N)C(C)C)c1. The van der Waals surface area contributed by atoms with Gasteiger partial charge in [-0.05, 0) is 30.9 Å². The number of hydrogen-bond acceptors (Lipinski definition) is 2. The molecule has 0 radical (unpaired) electrons. The van der Waals surface area contributed by atoms with Crippen LogP contribution in [0.1, 0.15) is 52.1 Å². The molecule has 4 heteroatoms. The van der Waals surface area contributed by atoms with E-state index in [2.05, 4.69) is 26.1 Å². The highest BCUT2D eigenvalue weighted by Crippen LogP contribution is 2.18. The van der Waals surface area contributed by atoms with Gasteiger partial charge >= 0.3 is 0 Å². The number of rotatable bonds is 7. The van der Waals surface area contributed by atoms with Crippen LogP contribution >= 0.6 is 0 Å². The zero-order chi connectivity index (χ0) is 14.4. The molecule has 19 heavy (non-hydrogen) atoms. The second-order valence-corrected chi connectivity index (χ2v) is 5.64. The van der Waals surface area contributed by atoms with E-state index in [1.807, 2.05) is 30.0 Å². The molecule has 4 nitrogen and oxygen atoms in total. The lowest BCUT2D eigenvalue weighted by atomic mass is 10.00. The van der Waals surface area contributed by atoms with Gasteiger partial charge in [0.2, 0.25) is 5.91 Å². The van der Waals surface area contributed by atoms with Crippen molar-refractivity contribution in [2.75, 3.05) is 0 Å². The quantitative estimate of drug-likeness (QED) is 0.795. The summed E-state index contributed by atoms with van der Waals surface area (Å²) in [7, 11) is 0. The van der Waals surface area contributed by atoms with Gasteiger partial charge in [0.05, 0.1) is 0 Å². The van der Waals surface area contributed by atoms with Crippen molar-refractivity contribution >= 4 is 5.91 Å². The lowest BCUT2D eigenvalue weighted by Gasteiger charge is -2.14. The Hall–Kier alpha value is -1.29. The molecular weight excluding hydrogens is 238 g/mol. The smallest absolute Gasteiger partial charge is 0.240 e. The summed E-state index contributed by atoms with van der Waals surface area (Å²) < 4.78 is 1.89. The van der Waals surface area contributed by atoms with Gasteiger partial charge in [0, 0.05) is 24.5 Å². The highest BCUT2D eigenvalue weighted by atomic mass is 16.2. The Balaban J connectivity index is 2.51. The minimum absolute atomic E-state index is 0.0309. The molecule has 1 amide bonds. The van der Waals surface area contributed by atoms with Crippen LogP contribution in [0.15, 0.2) is 18.5 Å². The van der Waals surface area contributed by atoms with Crippen molar-refractivity contribution < 1.29 is 4.79 Å². The molecule has 0 aliphatic heterocycles. The van der Waals surface area contributed by atoms with E-state index in [-0.39, 0.29) is 18.0 Å². The maximum absolute atomic E-state index is 11.8. The zero-order valence-electron chi connectivity index (χ0n) is 12.5. The fourth-order valence-electron chi connectivity index (χ4n) is 2.13. The van der Waals surface area contributed by atoms with Gasteiger partial charge in [-0.25, -0.2) is 0 Å². The van der Waals surface area contributed by atoms with Crippen molar-refractivity contribution in [3.8, 4) is 0 Å². The van der Waals surface area contributed by atoms with Crippen molar-refractivity contribution in [3.63, 3.8) is 0 Å². The first-order valence-electron chi connectivity index (χ1n) is 7.14. The zero-order valence-corrected chi connectivity index (χ0v) is 12.5. The molecule has 0 aliphatic carbocycles. The van der Waals surface area contributed by atoms with Gasteiger partial charge in [0.1, 0.15) is 6.54 Å². The molecule has 0 aromatic carbocycles. The Labute approximate surface area is 116 Å². The first-order chi connectivity index (χ1) is 8.93. The molecular formula is C15H27N3O. The third kappa shape index (κ3) is 5.07. The third-order valence-corrected chi connectivity index (χ3v) is 3.33. The third-order valence-electron chi connectivity index (χ3n) is 3.33. The van der Waals surface area contributed by atoms with Crippen molar-refractivity contribution in [1.29, 1.82) is 0 Å². The normalized spacial score (nSPS) is 14.4. The summed E-state index contributed by atoms with van der Waals surface area (Å²) in [5.41, 5.74) is 7.18. The summed E-state index contributed by atoms with van der Waals surface area (Å²) in [6.45, 7) is 8.71. The predicted molar refractivity (Wildman–Crippen MR) is 78.7 cm³/mol. The standard InChI is InChI=1S/C15H27N3O/c1-5-6-12(4)17-14(19)10-18-8-7-13(9-18)15(16)11(2)3/h7-9,11-12,15H,5-6,10,16H2,1-4H3,(H,17,19). The van der Waals surface area contributed by atoms with E-state index in [0.717, 1.165) is 18.4 Å². The van der Waals surface area contributed by atoms with Crippen molar-refractivity contribution in [2.24, 2.45) is 11.7 Å². The number of hydrogen-bond donors (Lipinski definition) is 2. The molecule has 0 saturated carbocycles. The first-order valence-corrected chi connectivity index (χ1v) is 7.14. The van der Waals surface area contributed by atoms with Crippen molar-refractivity contribution in [3.05, 3.63) is 24.0 Å². The van der Waals surface area contributed by atoms with Crippen LogP contribution in [0.5, 0.6) is 0 Å². The van der Waals surface area contributed by atoms with Crippen LogP contribution in [0.2, 0.25) is 0 Å². The molecule has 108 valence electrons. The second kappa shape index (κ2) is 7.34. The Bertz CT molecular complexity index is 398. The molecule has 1 aromatic heterocycles. The van der Waals surface area contributed by atoms with Gasteiger partial charge in [0.25, 0.3) is 0 Å². The molecule has 2 atom stereocenters. The lowest BCUT2D eigenvalue weighted by Crippen LogP contribution is -2.34. The van der Waals surface area contributed by atoms with Gasteiger partial charge in [-0.3, -0.25) is 4.79 Å². The van der Waals surface area contributed by atoms with Crippen LogP contribution in [0, 0.1) is 5.92 Å². The minimum Gasteiger partial charge on any atom is -0.352 e. The fourth-order valence-corrected chi connectivity index (χ4v) is 2.13. The molecule has 2 unspecified atom stereocenters. The van der Waals surface area contributed by atoms with E-state index in [0.29, 0.717) is 12.5 Å². The van der Waals surface area contributed by atoms with Crippen LogP contribution in [0.4, 0.5) is 0 Å². The van der Waals surface area contributed by atoms with E-state index < -0.39 is 0 Å². The molecule has 0 fully saturated rings. The fraction of sp³-hybridized carbons (Fsp3) is 0.667. The minimum atomic E-state index is 0.0309. The number of nitrogens with zero attached hydrogens (tertiary/aromatic N) is 1. The van der Waals surface area contributed by atoms with Crippen molar-refractivity contribution in [1.82, 2.24) is 9.88 Å². The maximum Gasteiger partial charge on any atom is 0.240 e. The van der Waals surface area contributed by atoms with E-state index in [9.17, 15) is 4.79 Å². The number of carbonyl (C=O) groups excluding carboxylic acids is 1. The average molecular weight is 265 g/mol. The summed E-state index contributed by atoms with van der Waals surface area (Å²) in [4.78, 5) is 11.8. The first kappa shape index (κ1) is 15.8. The summed E-state index contributed by atoms with van der Waals surface area (Å²) in [6, 6.07) is 2.27. The van der Waals surface area contributed by atoms with Gasteiger partial charge in [-0.2, -0.15) is 0 Å². The summed E-state index contributed by atoms with van der Waals surface area (Å²) in [5, 5.41) is 3.00. The summed E-state index contributed by atoms with van der Waals surface area (Å²) in [5.74, 6) is 0.454. The highest BCUT2D eigenvalue weighted by molar-refractivity contribution is 5.76. The topological polar surface area (TPSA) is 60.0 Å². The monoisotopic (exact) mass is 265 g/mol. The summed E-state index contributed by atoms with van der Waals surface area (Å²) >= 11 is 0. The van der Waals surface area contributed by atoms with Gasteiger partial charge < -0.3 is 15.6 Å². The molecule has 1 rings (SSSR count). The molecule has 1 heterocycles. The highest BCUT2D eigenvalue weighted by Gasteiger charge is 2.13. The van der Waals surface area contributed by atoms with Gasteiger partial charge in [-0.1, -0.05) is 27.2 Å². The molecule has 0 bridgehead atoms. The Morgan fingerprint density at radius 2 is 2.11 bits per heavy atom. The van der Waals surface area contributed by atoms with Crippen LogP contribution < -0.4 is 11.1 Å².